The van der Waals surface area contributed by atoms with Crippen LogP contribution in [0.15, 0.2) is 79.4 Å². The number of fused-ring (bicyclic) bond motifs is 5. The van der Waals surface area contributed by atoms with Gasteiger partial charge in [-0.3, -0.25) is 19.3 Å². The lowest BCUT2D eigenvalue weighted by Crippen LogP contribution is -2.44. The molecular formula is C31H31NO8S. The molecule has 2 amide bonds. The first-order valence-electron chi connectivity index (χ1n) is 13.4. The smallest absolute Gasteiger partial charge is 0.461 e. The zero-order valence-corrected chi connectivity index (χ0v) is 23.4. The molecular weight excluding hydrogens is 546 g/mol. The molecule has 9 nitrogen and oxygen atoms in total. The van der Waals surface area contributed by atoms with Gasteiger partial charge in [-0.1, -0.05) is 68.1 Å². The van der Waals surface area contributed by atoms with Gasteiger partial charge in [0.1, 0.15) is 24.6 Å². The Morgan fingerprint density at radius 3 is 2.56 bits per heavy atom. The third-order valence-corrected chi connectivity index (χ3v) is 8.63. The fourth-order valence-electron chi connectivity index (χ4n) is 5.31. The summed E-state index contributed by atoms with van der Waals surface area (Å²) in [5.41, 5.74) is 0.647. The van der Waals surface area contributed by atoms with Crippen LogP contribution in [0.3, 0.4) is 0 Å². The number of amides is 2. The second kappa shape index (κ2) is 12.3. The van der Waals surface area contributed by atoms with Gasteiger partial charge in [0.05, 0.1) is 30.4 Å². The van der Waals surface area contributed by atoms with Crippen molar-refractivity contribution < 1.29 is 38.1 Å². The van der Waals surface area contributed by atoms with E-state index in [9.17, 15) is 19.2 Å². The SMILES string of the molecule is C=CCOC(=O)C(C)CSCc1ccc(OC(=O)OCC23C=CC(O2)C2C(=O)N(Cc4ccccc4)C(=O)C23)cc1. The van der Waals surface area contributed by atoms with Crippen molar-refractivity contribution in [2.75, 3.05) is 19.0 Å². The van der Waals surface area contributed by atoms with E-state index in [4.69, 9.17) is 18.9 Å². The van der Waals surface area contributed by atoms with Gasteiger partial charge in [-0.15, -0.1) is 0 Å². The van der Waals surface area contributed by atoms with Crippen LogP contribution in [0.2, 0.25) is 0 Å². The van der Waals surface area contributed by atoms with Crippen LogP contribution in [0.25, 0.3) is 0 Å². The zero-order valence-electron chi connectivity index (χ0n) is 22.6. The third kappa shape index (κ3) is 6.08. The number of rotatable bonds is 12. The Morgan fingerprint density at radius 1 is 1.07 bits per heavy atom. The number of carbonyl (C=O) groups excluding carboxylic acids is 4. The van der Waals surface area contributed by atoms with E-state index < -0.39 is 29.7 Å². The van der Waals surface area contributed by atoms with E-state index in [1.54, 1.807) is 36.0 Å². The van der Waals surface area contributed by atoms with Crippen LogP contribution >= 0.6 is 11.8 Å². The van der Waals surface area contributed by atoms with Crippen LogP contribution in [0, 0.1) is 17.8 Å². The highest BCUT2D eigenvalue weighted by atomic mass is 32.2. The number of benzene rings is 2. The molecule has 214 valence electrons. The topological polar surface area (TPSA) is 108 Å². The molecule has 3 aliphatic heterocycles. The number of ether oxygens (including phenoxy) is 4. The predicted molar refractivity (Wildman–Crippen MR) is 151 cm³/mol. The first-order valence-corrected chi connectivity index (χ1v) is 14.5. The Bertz CT molecular complexity index is 1340. The third-order valence-electron chi connectivity index (χ3n) is 7.35. The van der Waals surface area contributed by atoms with Crippen LogP contribution in [0.4, 0.5) is 4.79 Å². The molecule has 5 rings (SSSR count). The molecule has 2 aromatic rings. The molecule has 2 bridgehead atoms. The molecule has 3 heterocycles. The van der Waals surface area contributed by atoms with E-state index in [0.29, 0.717) is 17.3 Å². The first-order chi connectivity index (χ1) is 19.8. The molecule has 0 aliphatic carbocycles. The molecule has 0 N–H and O–H groups in total. The van der Waals surface area contributed by atoms with Gasteiger partial charge in [-0.2, -0.15) is 11.8 Å². The van der Waals surface area contributed by atoms with Gasteiger partial charge < -0.3 is 18.9 Å². The Kier molecular flexibility index (Phi) is 8.60. The van der Waals surface area contributed by atoms with Crippen molar-refractivity contribution in [3.63, 3.8) is 0 Å². The summed E-state index contributed by atoms with van der Waals surface area (Å²) in [5, 5.41) is 0. The first kappa shape index (κ1) is 28.6. The number of nitrogens with zero attached hydrogens (tertiary/aromatic N) is 1. The number of hydrogen-bond donors (Lipinski definition) is 0. The van der Waals surface area contributed by atoms with Gasteiger partial charge >= 0.3 is 12.1 Å². The van der Waals surface area contributed by atoms with Gasteiger partial charge in [0.25, 0.3) is 0 Å². The van der Waals surface area contributed by atoms with Crippen LogP contribution < -0.4 is 4.74 Å². The lowest BCUT2D eigenvalue weighted by atomic mass is 9.77. The largest absolute Gasteiger partial charge is 0.513 e. The van der Waals surface area contributed by atoms with Gasteiger partial charge in [0, 0.05) is 11.5 Å². The van der Waals surface area contributed by atoms with E-state index in [0.717, 1.165) is 11.1 Å². The zero-order chi connectivity index (χ0) is 29.0. The summed E-state index contributed by atoms with van der Waals surface area (Å²) in [6, 6.07) is 16.3. The maximum atomic E-state index is 13.3. The normalized spacial score (nSPS) is 24.7. The highest BCUT2D eigenvalue weighted by molar-refractivity contribution is 7.98. The molecule has 2 aromatic carbocycles. The summed E-state index contributed by atoms with van der Waals surface area (Å²) in [4.78, 5) is 52.1. The number of imide groups is 1. The second-order valence-corrected chi connectivity index (χ2v) is 11.3. The molecule has 0 saturated carbocycles. The monoisotopic (exact) mass is 577 g/mol. The van der Waals surface area contributed by atoms with Gasteiger partial charge in [-0.05, 0) is 29.3 Å². The molecule has 0 aromatic heterocycles. The fraction of sp³-hybridized carbons (Fsp3) is 0.355. The molecule has 2 saturated heterocycles. The number of carbonyl (C=O) groups is 4. The molecule has 5 unspecified atom stereocenters. The predicted octanol–water partition coefficient (Wildman–Crippen LogP) is 4.31. The van der Waals surface area contributed by atoms with Crippen LogP contribution in [0.1, 0.15) is 18.1 Å². The molecule has 0 spiro atoms. The molecule has 0 radical (unpaired) electrons. The molecule has 41 heavy (non-hydrogen) atoms. The number of thioether (sulfide) groups is 1. The lowest BCUT2D eigenvalue weighted by Gasteiger charge is -2.28. The van der Waals surface area contributed by atoms with Gasteiger partial charge in [0.15, 0.2) is 0 Å². The number of esters is 1. The summed E-state index contributed by atoms with van der Waals surface area (Å²) in [6.07, 6.45) is 3.54. The molecule has 5 atom stereocenters. The van der Waals surface area contributed by atoms with Crippen molar-refractivity contribution in [1.29, 1.82) is 0 Å². The van der Waals surface area contributed by atoms with Crippen molar-refractivity contribution in [2.24, 2.45) is 17.8 Å². The van der Waals surface area contributed by atoms with E-state index in [-0.39, 0.29) is 43.5 Å². The Labute approximate surface area is 242 Å². The van der Waals surface area contributed by atoms with Crippen molar-refractivity contribution in [2.45, 2.75) is 30.9 Å². The van der Waals surface area contributed by atoms with Crippen molar-refractivity contribution in [3.8, 4) is 5.75 Å². The average molecular weight is 578 g/mol. The van der Waals surface area contributed by atoms with E-state index in [1.165, 1.54) is 11.0 Å². The minimum absolute atomic E-state index is 0.188. The van der Waals surface area contributed by atoms with Crippen LogP contribution in [0.5, 0.6) is 5.75 Å². The summed E-state index contributed by atoms with van der Waals surface area (Å²) < 4.78 is 21.8. The highest BCUT2D eigenvalue weighted by Gasteiger charge is 2.68. The highest BCUT2D eigenvalue weighted by Crippen LogP contribution is 2.52. The molecule has 2 fully saturated rings. The lowest BCUT2D eigenvalue weighted by molar-refractivity contribution is -0.147. The number of hydrogen-bond acceptors (Lipinski definition) is 9. The minimum Gasteiger partial charge on any atom is -0.461 e. The molecule has 10 heteroatoms. The number of likely N-dealkylation sites (tertiary alicyclic amines) is 1. The average Bonchev–Trinajstić information content (AvgIpc) is 3.63. The summed E-state index contributed by atoms with van der Waals surface area (Å²) in [6.45, 7) is 5.49. The quantitative estimate of drug-likeness (QED) is 0.158. The van der Waals surface area contributed by atoms with Gasteiger partial charge in [0.2, 0.25) is 11.8 Å². The Morgan fingerprint density at radius 2 is 1.83 bits per heavy atom. The maximum Gasteiger partial charge on any atom is 0.513 e. The maximum absolute atomic E-state index is 13.3. The second-order valence-electron chi connectivity index (χ2n) is 10.3. The molecule has 3 aliphatic rings. The fourth-order valence-corrected chi connectivity index (χ4v) is 6.34. The van der Waals surface area contributed by atoms with Crippen LogP contribution in [-0.4, -0.2) is 59.5 Å². The standard InChI is InChI=1S/C31H31NO8S/c1-3-15-37-29(35)20(2)17-41-18-22-9-11-23(12-10-22)39-30(36)38-19-31-14-13-24(40-31)25-26(31)28(34)32(27(25)33)16-21-7-5-4-6-8-21/h3-14,20,24-26H,1,15-19H2,2H3. The van der Waals surface area contributed by atoms with Crippen molar-refractivity contribution in [1.82, 2.24) is 4.90 Å². The van der Waals surface area contributed by atoms with Gasteiger partial charge in [-0.25, -0.2) is 4.79 Å². The summed E-state index contributed by atoms with van der Waals surface area (Å²) in [7, 11) is 0. The van der Waals surface area contributed by atoms with Crippen molar-refractivity contribution in [3.05, 3.63) is 90.5 Å². The van der Waals surface area contributed by atoms with E-state index in [1.807, 2.05) is 49.4 Å². The Hall–Kier alpha value is -3.89. The van der Waals surface area contributed by atoms with E-state index >= 15 is 0 Å². The van der Waals surface area contributed by atoms with E-state index in [2.05, 4.69) is 6.58 Å². The minimum atomic E-state index is -1.21. The van der Waals surface area contributed by atoms with Crippen molar-refractivity contribution >= 4 is 35.7 Å². The summed E-state index contributed by atoms with van der Waals surface area (Å²) >= 11 is 1.60. The summed E-state index contributed by atoms with van der Waals surface area (Å²) in [5.74, 6) is -0.902. The van der Waals surface area contributed by atoms with Crippen LogP contribution in [-0.2, 0) is 40.9 Å². The Balaban J connectivity index is 1.11.